The van der Waals surface area contributed by atoms with E-state index in [4.69, 9.17) is 9.47 Å². The molecule has 0 aliphatic carbocycles. The Morgan fingerprint density at radius 2 is 1.97 bits per heavy atom. The van der Waals surface area contributed by atoms with Crippen LogP contribution in [0.25, 0.3) is 0 Å². The zero-order valence-electron chi connectivity index (χ0n) is 18.7. The van der Waals surface area contributed by atoms with Crippen LogP contribution in [0.1, 0.15) is 24.5 Å². The monoisotopic (exact) mass is 466 g/mol. The van der Waals surface area contributed by atoms with E-state index in [1.54, 1.807) is 12.1 Å². The van der Waals surface area contributed by atoms with E-state index < -0.39 is 24.3 Å². The van der Waals surface area contributed by atoms with Gasteiger partial charge in [0, 0.05) is 18.3 Å². The standard InChI is InChI=1S/C24H26N4O6/c1-15(29)25-12-19-13-28(24(32)34-19)18-8-10-20-17(11-18)7-9-21(22(30)26-20)27-23(31)33-14-16-5-3-2-4-6-16/h2-6,8,10-11,19,21H,7,9,12-14H2,1H3,(H,25,29)(H,26,30)(H,27,31)/t19-,21?/m0/s1. The lowest BCUT2D eigenvalue weighted by molar-refractivity contribution is -0.119. The van der Waals surface area contributed by atoms with Crippen molar-refractivity contribution in [2.75, 3.05) is 23.3 Å². The molecule has 34 heavy (non-hydrogen) atoms. The Morgan fingerprint density at radius 3 is 2.74 bits per heavy atom. The zero-order valence-corrected chi connectivity index (χ0v) is 18.7. The third-order valence-electron chi connectivity index (χ3n) is 5.63. The number of rotatable bonds is 6. The van der Waals surface area contributed by atoms with Crippen LogP contribution in [0.3, 0.4) is 0 Å². The van der Waals surface area contributed by atoms with Gasteiger partial charge in [-0.3, -0.25) is 14.5 Å². The quantitative estimate of drug-likeness (QED) is 0.600. The predicted octanol–water partition coefficient (Wildman–Crippen LogP) is 2.33. The summed E-state index contributed by atoms with van der Waals surface area (Å²) >= 11 is 0. The minimum Gasteiger partial charge on any atom is -0.445 e. The molecule has 2 aromatic carbocycles. The molecule has 2 atom stereocenters. The molecule has 3 N–H and O–H groups in total. The molecule has 0 saturated carbocycles. The van der Waals surface area contributed by atoms with Crippen LogP contribution in [0.15, 0.2) is 48.5 Å². The number of alkyl carbamates (subject to hydrolysis) is 1. The van der Waals surface area contributed by atoms with Crippen LogP contribution < -0.4 is 20.9 Å². The number of carbonyl (C=O) groups is 4. The Morgan fingerprint density at radius 1 is 1.18 bits per heavy atom. The van der Waals surface area contributed by atoms with Gasteiger partial charge in [0.25, 0.3) is 0 Å². The summed E-state index contributed by atoms with van der Waals surface area (Å²) in [7, 11) is 0. The summed E-state index contributed by atoms with van der Waals surface area (Å²) in [5.41, 5.74) is 2.95. The van der Waals surface area contributed by atoms with Gasteiger partial charge in [-0.05, 0) is 42.2 Å². The third-order valence-corrected chi connectivity index (χ3v) is 5.63. The first-order valence-electron chi connectivity index (χ1n) is 11.0. The number of fused-ring (bicyclic) bond motifs is 1. The molecule has 1 fully saturated rings. The molecule has 0 aromatic heterocycles. The van der Waals surface area contributed by atoms with Crippen LogP contribution in [0.5, 0.6) is 0 Å². The molecule has 4 amide bonds. The first-order chi connectivity index (χ1) is 16.4. The van der Waals surface area contributed by atoms with Gasteiger partial charge >= 0.3 is 12.2 Å². The van der Waals surface area contributed by atoms with Gasteiger partial charge in [0.15, 0.2) is 0 Å². The molecule has 1 saturated heterocycles. The first-order valence-corrected chi connectivity index (χ1v) is 11.0. The van der Waals surface area contributed by atoms with Crippen LogP contribution in [0, 0.1) is 0 Å². The number of ether oxygens (including phenoxy) is 2. The lowest BCUT2D eigenvalue weighted by Gasteiger charge is -2.16. The molecule has 1 unspecified atom stereocenters. The number of hydrogen-bond donors (Lipinski definition) is 3. The molecule has 0 radical (unpaired) electrons. The fourth-order valence-corrected chi connectivity index (χ4v) is 3.87. The molecule has 10 heteroatoms. The van der Waals surface area contributed by atoms with Gasteiger partial charge in [-0.1, -0.05) is 30.3 Å². The van der Waals surface area contributed by atoms with Crippen molar-refractivity contribution >= 4 is 35.4 Å². The second-order valence-electron chi connectivity index (χ2n) is 8.18. The fraction of sp³-hybridized carbons (Fsp3) is 0.333. The predicted molar refractivity (Wildman–Crippen MR) is 123 cm³/mol. The number of aryl methyl sites for hydroxylation is 1. The first kappa shape index (κ1) is 23.1. The molecule has 2 aliphatic heterocycles. The number of hydrogen-bond acceptors (Lipinski definition) is 6. The van der Waals surface area contributed by atoms with Crippen LogP contribution in [-0.2, 0) is 32.1 Å². The van der Waals surface area contributed by atoms with Crippen molar-refractivity contribution < 1.29 is 28.7 Å². The van der Waals surface area contributed by atoms with Crippen molar-refractivity contribution in [1.82, 2.24) is 10.6 Å². The smallest absolute Gasteiger partial charge is 0.414 e. The SMILES string of the molecule is CC(=O)NC[C@H]1CN(c2ccc3c(c2)CCC(NC(=O)OCc2ccccc2)C(=O)N3)C(=O)O1. The number of anilines is 2. The highest BCUT2D eigenvalue weighted by Gasteiger charge is 2.33. The summed E-state index contributed by atoms with van der Waals surface area (Å²) in [4.78, 5) is 49.8. The number of carbonyl (C=O) groups excluding carboxylic acids is 4. The van der Waals surface area contributed by atoms with E-state index in [2.05, 4.69) is 16.0 Å². The molecule has 0 spiro atoms. The number of benzene rings is 2. The summed E-state index contributed by atoms with van der Waals surface area (Å²) in [6, 6.07) is 13.8. The molecule has 4 rings (SSSR count). The van der Waals surface area contributed by atoms with Gasteiger partial charge in [-0.2, -0.15) is 0 Å². The highest BCUT2D eigenvalue weighted by atomic mass is 16.6. The van der Waals surface area contributed by atoms with E-state index in [0.717, 1.165) is 11.1 Å². The van der Waals surface area contributed by atoms with Crippen LogP contribution in [-0.4, -0.2) is 49.2 Å². The normalized spacial score (nSPS) is 19.4. The maximum absolute atomic E-state index is 12.6. The van der Waals surface area contributed by atoms with Crippen LogP contribution in [0.4, 0.5) is 21.0 Å². The lowest BCUT2D eigenvalue weighted by atomic mass is 10.0. The summed E-state index contributed by atoms with van der Waals surface area (Å²) in [6.07, 6.45) is -0.720. The topological polar surface area (TPSA) is 126 Å². The zero-order chi connectivity index (χ0) is 24.1. The Labute approximate surface area is 196 Å². The largest absolute Gasteiger partial charge is 0.445 e. The average Bonchev–Trinajstić information content (AvgIpc) is 3.13. The lowest BCUT2D eigenvalue weighted by Crippen LogP contribution is -2.43. The van der Waals surface area contributed by atoms with Crippen molar-refractivity contribution in [2.45, 2.75) is 38.5 Å². The van der Waals surface area contributed by atoms with Crippen molar-refractivity contribution in [3.8, 4) is 0 Å². The number of amides is 4. The van der Waals surface area contributed by atoms with E-state index in [0.29, 0.717) is 30.8 Å². The molecule has 10 nitrogen and oxygen atoms in total. The van der Waals surface area contributed by atoms with E-state index in [-0.39, 0.29) is 25.0 Å². The molecule has 2 aliphatic rings. The molecule has 2 heterocycles. The van der Waals surface area contributed by atoms with Crippen LogP contribution in [0.2, 0.25) is 0 Å². The summed E-state index contributed by atoms with van der Waals surface area (Å²) in [5, 5.41) is 8.10. The Hall–Kier alpha value is -4.08. The van der Waals surface area contributed by atoms with Gasteiger partial charge in [0.2, 0.25) is 11.8 Å². The third kappa shape index (κ3) is 5.64. The van der Waals surface area contributed by atoms with Gasteiger partial charge < -0.3 is 25.4 Å². The maximum Gasteiger partial charge on any atom is 0.414 e. The highest BCUT2D eigenvalue weighted by Crippen LogP contribution is 2.29. The van der Waals surface area contributed by atoms with Crippen molar-refractivity contribution in [3.05, 3.63) is 59.7 Å². The van der Waals surface area contributed by atoms with Gasteiger partial charge in [0.05, 0.1) is 13.1 Å². The number of nitrogens with zero attached hydrogens (tertiary/aromatic N) is 1. The van der Waals surface area contributed by atoms with Crippen LogP contribution >= 0.6 is 0 Å². The molecule has 178 valence electrons. The minimum atomic E-state index is -0.752. The minimum absolute atomic E-state index is 0.111. The van der Waals surface area contributed by atoms with Crippen molar-refractivity contribution in [2.24, 2.45) is 0 Å². The average molecular weight is 466 g/mol. The second kappa shape index (κ2) is 10.2. The van der Waals surface area contributed by atoms with E-state index >= 15 is 0 Å². The van der Waals surface area contributed by atoms with Crippen molar-refractivity contribution in [3.63, 3.8) is 0 Å². The Kier molecular flexibility index (Phi) is 6.95. The van der Waals surface area contributed by atoms with Gasteiger partial charge in [-0.25, -0.2) is 9.59 Å². The van der Waals surface area contributed by atoms with Gasteiger partial charge in [-0.15, -0.1) is 0 Å². The van der Waals surface area contributed by atoms with E-state index in [1.807, 2.05) is 36.4 Å². The molecular formula is C24H26N4O6. The number of nitrogens with one attached hydrogen (secondary N) is 3. The van der Waals surface area contributed by atoms with Crippen molar-refractivity contribution in [1.29, 1.82) is 0 Å². The Balaban J connectivity index is 1.36. The molecule has 0 bridgehead atoms. The van der Waals surface area contributed by atoms with Gasteiger partial charge in [0.1, 0.15) is 18.8 Å². The summed E-state index contributed by atoms with van der Waals surface area (Å²) in [5.74, 6) is -0.526. The summed E-state index contributed by atoms with van der Waals surface area (Å²) < 4.78 is 10.5. The number of cyclic esters (lactones) is 1. The van der Waals surface area contributed by atoms with E-state index in [9.17, 15) is 19.2 Å². The Bertz CT molecular complexity index is 1090. The highest BCUT2D eigenvalue weighted by molar-refractivity contribution is 5.98. The summed E-state index contributed by atoms with van der Waals surface area (Å²) in [6.45, 7) is 2.06. The molecule has 2 aromatic rings. The maximum atomic E-state index is 12.6. The second-order valence-corrected chi connectivity index (χ2v) is 8.18. The fourth-order valence-electron chi connectivity index (χ4n) is 3.87. The molecular weight excluding hydrogens is 440 g/mol. The van der Waals surface area contributed by atoms with E-state index in [1.165, 1.54) is 11.8 Å².